The van der Waals surface area contributed by atoms with Crippen LogP contribution < -0.4 is 10.1 Å². The predicted molar refractivity (Wildman–Crippen MR) is 70.4 cm³/mol. The molecular weight excluding hydrogens is 282 g/mol. The summed E-state index contributed by atoms with van der Waals surface area (Å²) in [6.45, 7) is 1.95. The number of ether oxygens (including phenoxy) is 1. The number of hydrogen-bond acceptors (Lipinski definition) is 3. The fourth-order valence-electron chi connectivity index (χ4n) is 1.98. The van der Waals surface area contributed by atoms with E-state index < -0.39 is 0 Å². The van der Waals surface area contributed by atoms with Crippen molar-refractivity contribution < 1.29 is 9.53 Å². The van der Waals surface area contributed by atoms with E-state index >= 15 is 0 Å². The maximum atomic E-state index is 11.9. The summed E-state index contributed by atoms with van der Waals surface area (Å²) in [7, 11) is 1.63. The number of hydrogen-bond donors (Lipinski definition) is 1. The Hall–Kier alpha value is -0.870. The number of Topliss-reactive ketones (excluding diaryl/α,β-unsaturated/α-hetero) is 1. The van der Waals surface area contributed by atoms with Crippen molar-refractivity contribution in [3.63, 3.8) is 0 Å². The average Bonchev–Trinajstić information content (AvgIpc) is 2.24. The van der Waals surface area contributed by atoms with Gasteiger partial charge in [0.15, 0.2) is 0 Å². The molecule has 1 N–H and O–H groups in total. The second kappa shape index (κ2) is 5.65. The fraction of sp³-hybridized carbons (Fsp3) is 0.462. The minimum atomic E-state index is 0.285. The van der Waals surface area contributed by atoms with Crippen LogP contribution in [0.1, 0.15) is 12.0 Å². The second-order valence-corrected chi connectivity index (χ2v) is 5.32. The number of carbonyl (C=O) groups excluding carboxylic acids is 1. The Balaban J connectivity index is 2.00. The largest absolute Gasteiger partial charge is 0.496 e. The number of rotatable bonds is 5. The van der Waals surface area contributed by atoms with Gasteiger partial charge in [-0.25, -0.2) is 0 Å². The van der Waals surface area contributed by atoms with Gasteiger partial charge < -0.3 is 10.1 Å². The lowest BCUT2D eigenvalue weighted by atomic mass is 9.94. The lowest BCUT2D eigenvalue weighted by Gasteiger charge is -2.26. The number of ketones is 1. The Morgan fingerprint density at radius 3 is 2.88 bits per heavy atom. The van der Waals surface area contributed by atoms with Crippen molar-refractivity contribution in [1.82, 2.24) is 5.32 Å². The minimum absolute atomic E-state index is 0.285. The molecule has 4 heteroatoms. The zero-order valence-corrected chi connectivity index (χ0v) is 11.4. The third kappa shape index (κ3) is 3.30. The van der Waals surface area contributed by atoms with E-state index in [1.807, 2.05) is 18.2 Å². The lowest BCUT2D eigenvalue weighted by molar-refractivity contribution is -0.119. The van der Waals surface area contributed by atoms with Crippen molar-refractivity contribution >= 4 is 21.7 Å². The van der Waals surface area contributed by atoms with Gasteiger partial charge in [0, 0.05) is 22.9 Å². The van der Waals surface area contributed by atoms with Crippen molar-refractivity contribution in [2.75, 3.05) is 20.2 Å². The van der Waals surface area contributed by atoms with Crippen LogP contribution in [-0.2, 0) is 11.2 Å². The zero-order chi connectivity index (χ0) is 12.3. The molecule has 1 heterocycles. The van der Waals surface area contributed by atoms with Crippen molar-refractivity contribution in [3.8, 4) is 5.75 Å². The first-order chi connectivity index (χ1) is 8.19. The van der Waals surface area contributed by atoms with E-state index in [2.05, 4.69) is 21.2 Å². The Bertz CT molecular complexity index is 416. The molecular formula is C13H16BrNO2. The summed E-state index contributed by atoms with van der Waals surface area (Å²) in [5.41, 5.74) is 0.958. The third-order valence-corrected chi connectivity index (χ3v) is 3.51. The molecule has 1 aromatic carbocycles. The summed E-state index contributed by atoms with van der Waals surface area (Å²) < 4.78 is 6.24. The molecule has 0 atom stereocenters. The highest BCUT2D eigenvalue weighted by atomic mass is 79.9. The lowest BCUT2D eigenvalue weighted by Crippen LogP contribution is -2.43. The van der Waals surface area contributed by atoms with Crippen molar-refractivity contribution in [2.45, 2.75) is 12.8 Å². The summed E-state index contributed by atoms with van der Waals surface area (Å²) >= 11 is 3.41. The average molecular weight is 298 g/mol. The normalized spacial score (nSPS) is 15.4. The van der Waals surface area contributed by atoms with Crippen LogP contribution in [0.15, 0.2) is 22.7 Å². The highest BCUT2D eigenvalue weighted by Gasteiger charge is 2.20. The van der Waals surface area contributed by atoms with Crippen LogP contribution in [0, 0.1) is 5.92 Å². The molecule has 3 nitrogen and oxygen atoms in total. The van der Waals surface area contributed by atoms with Crippen molar-refractivity contribution in [3.05, 3.63) is 28.2 Å². The Morgan fingerprint density at radius 2 is 2.29 bits per heavy atom. The monoisotopic (exact) mass is 297 g/mol. The summed E-state index contributed by atoms with van der Waals surface area (Å²) in [6, 6.07) is 5.76. The molecule has 92 valence electrons. The zero-order valence-electron chi connectivity index (χ0n) is 9.83. The summed E-state index contributed by atoms with van der Waals surface area (Å²) in [5, 5.41) is 3.18. The molecule has 0 saturated carbocycles. The molecule has 1 saturated heterocycles. The Labute approximate surface area is 110 Å². The van der Waals surface area contributed by atoms with Crippen LogP contribution >= 0.6 is 15.9 Å². The van der Waals surface area contributed by atoms with Gasteiger partial charge in [-0.15, -0.1) is 0 Å². The smallest absolute Gasteiger partial charge is 0.137 e. The highest BCUT2D eigenvalue weighted by molar-refractivity contribution is 9.10. The number of carbonyl (C=O) groups is 1. The topological polar surface area (TPSA) is 38.3 Å². The molecule has 17 heavy (non-hydrogen) atoms. The highest BCUT2D eigenvalue weighted by Crippen LogP contribution is 2.24. The molecule has 0 unspecified atom stereocenters. The standard InChI is InChI=1S/C13H16BrNO2/c1-17-13-3-2-11(14)5-10(13)6-12(16)4-9-7-15-8-9/h2-3,5,9,15H,4,6-8H2,1H3. The van der Waals surface area contributed by atoms with Crippen molar-refractivity contribution in [1.29, 1.82) is 0 Å². The maximum Gasteiger partial charge on any atom is 0.137 e. The van der Waals surface area contributed by atoms with Crippen molar-refractivity contribution in [2.24, 2.45) is 5.92 Å². The van der Waals surface area contributed by atoms with Crippen LogP contribution in [0.5, 0.6) is 5.75 Å². The van der Waals surface area contributed by atoms with Gasteiger partial charge >= 0.3 is 0 Å². The summed E-state index contributed by atoms with van der Waals surface area (Å²) in [4.78, 5) is 11.9. The van der Waals surface area contributed by atoms with Crippen LogP contribution in [0.2, 0.25) is 0 Å². The van der Waals surface area contributed by atoms with Gasteiger partial charge in [-0.3, -0.25) is 4.79 Å². The number of nitrogens with one attached hydrogen (secondary N) is 1. The molecule has 0 aliphatic carbocycles. The van der Waals surface area contributed by atoms with E-state index in [1.54, 1.807) is 7.11 Å². The Kier molecular flexibility index (Phi) is 4.18. The van der Waals surface area contributed by atoms with E-state index in [0.717, 1.165) is 28.9 Å². The van der Waals surface area contributed by atoms with E-state index in [1.165, 1.54) is 0 Å². The Morgan fingerprint density at radius 1 is 1.53 bits per heavy atom. The quantitative estimate of drug-likeness (QED) is 0.905. The molecule has 0 bridgehead atoms. The molecule has 2 rings (SSSR count). The molecule has 1 fully saturated rings. The van der Waals surface area contributed by atoms with Gasteiger partial charge in [-0.05, 0) is 37.2 Å². The second-order valence-electron chi connectivity index (χ2n) is 4.40. The summed E-state index contributed by atoms with van der Waals surface area (Å²) in [6.07, 6.45) is 1.13. The van der Waals surface area contributed by atoms with Crippen LogP contribution in [0.3, 0.4) is 0 Å². The number of halogens is 1. The van der Waals surface area contributed by atoms with E-state index in [-0.39, 0.29) is 5.78 Å². The number of methoxy groups -OCH3 is 1. The van der Waals surface area contributed by atoms with E-state index in [0.29, 0.717) is 18.8 Å². The van der Waals surface area contributed by atoms with Gasteiger partial charge in [0.2, 0.25) is 0 Å². The van der Waals surface area contributed by atoms with Crippen LogP contribution in [0.25, 0.3) is 0 Å². The van der Waals surface area contributed by atoms with Gasteiger partial charge in [0.25, 0.3) is 0 Å². The maximum absolute atomic E-state index is 11.9. The molecule has 1 aromatic rings. The molecule has 0 amide bonds. The van der Waals surface area contributed by atoms with Gasteiger partial charge in [-0.1, -0.05) is 15.9 Å². The predicted octanol–water partition coefficient (Wildman–Crippen LogP) is 2.18. The van der Waals surface area contributed by atoms with Gasteiger partial charge in [-0.2, -0.15) is 0 Å². The molecule has 0 spiro atoms. The summed E-state index contributed by atoms with van der Waals surface area (Å²) in [5.74, 6) is 1.60. The SMILES string of the molecule is COc1ccc(Br)cc1CC(=O)CC1CNC1. The van der Waals surface area contributed by atoms with Crippen LogP contribution in [-0.4, -0.2) is 26.0 Å². The molecule has 1 aliphatic rings. The molecule has 1 aliphatic heterocycles. The van der Waals surface area contributed by atoms with E-state index in [4.69, 9.17) is 4.74 Å². The molecule has 0 aromatic heterocycles. The first-order valence-corrected chi connectivity index (χ1v) is 6.53. The van der Waals surface area contributed by atoms with Crippen LogP contribution in [0.4, 0.5) is 0 Å². The minimum Gasteiger partial charge on any atom is -0.496 e. The molecule has 0 radical (unpaired) electrons. The van der Waals surface area contributed by atoms with Gasteiger partial charge in [0.1, 0.15) is 11.5 Å². The first kappa shape index (κ1) is 12.6. The fourth-order valence-corrected chi connectivity index (χ4v) is 2.39. The third-order valence-electron chi connectivity index (χ3n) is 3.01. The first-order valence-electron chi connectivity index (χ1n) is 5.74. The number of benzene rings is 1. The van der Waals surface area contributed by atoms with Gasteiger partial charge in [0.05, 0.1) is 7.11 Å². The van der Waals surface area contributed by atoms with E-state index in [9.17, 15) is 4.79 Å².